The topological polar surface area (TPSA) is 146 Å². The average molecular weight is 302 g/mol. The van der Waals surface area contributed by atoms with Gasteiger partial charge < -0.3 is 24.6 Å². The van der Waals surface area contributed by atoms with Crippen LogP contribution >= 0.6 is 11.3 Å². The van der Waals surface area contributed by atoms with Crippen LogP contribution in [0.1, 0.15) is 10.6 Å². The number of aliphatic carboxylic acids is 2. The van der Waals surface area contributed by atoms with Crippen molar-refractivity contribution in [2.45, 2.75) is 13.3 Å². The lowest BCUT2D eigenvalue weighted by atomic mass is 10.3. The minimum Gasteiger partial charge on any atom is -0.545 e. The van der Waals surface area contributed by atoms with Crippen molar-refractivity contribution < 1.29 is 29.7 Å². The molecule has 1 rings (SSSR count). The molecule has 0 aliphatic rings. The van der Waals surface area contributed by atoms with E-state index >= 15 is 0 Å². The molecular formula is C10H10N2O7S-2. The van der Waals surface area contributed by atoms with Crippen LogP contribution in [-0.4, -0.2) is 28.6 Å². The highest BCUT2D eigenvalue weighted by atomic mass is 32.1. The number of thiazole rings is 1. The van der Waals surface area contributed by atoms with Gasteiger partial charge in [0, 0.05) is 11.3 Å². The van der Waals surface area contributed by atoms with Crippen LogP contribution in [0.15, 0.2) is 17.7 Å². The average Bonchev–Trinajstić information content (AvgIpc) is 2.73. The Kier molecular flexibility index (Phi) is 8.27. The first-order valence-electron chi connectivity index (χ1n) is 5.09. The van der Waals surface area contributed by atoms with E-state index < -0.39 is 17.0 Å². The Morgan fingerprint density at radius 1 is 1.40 bits per heavy atom. The standard InChI is InChI=1S/C6H8N2O3S.C4H4O4/c1-5-6(12-4-7-5)2-3-11-8(9)10;5-3(6)1-2-4(7)8/h4H,2-3H2,1H3;1-2H,(H,5,6)(H,7,8)/p-2/b;2-1-. The molecule has 0 amide bonds. The van der Waals surface area contributed by atoms with Crippen molar-refractivity contribution in [1.82, 2.24) is 4.98 Å². The Morgan fingerprint density at radius 2 is 1.95 bits per heavy atom. The first kappa shape index (κ1) is 17.5. The number of carbonyl (C=O) groups excluding carboxylic acids is 2. The predicted octanol–water partition coefficient (Wildman–Crippen LogP) is -1.76. The third kappa shape index (κ3) is 9.53. The fourth-order valence-corrected chi connectivity index (χ4v) is 1.68. The Bertz CT molecular complexity index is 482. The van der Waals surface area contributed by atoms with Gasteiger partial charge in [0.1, 0.15) is 6.61 Å². The zero-order chi connectivity index (χ0) is 15.5. The van der Waals surface area contributed by atoms with E-state index in [9.17, 15) is 29.9 Å². The molecular weight excluding hydrogens is 292 g/mol. The minimum atomic E-state index is -1.55. The molecule has 10 heteroatoms. The highest BCUT2D eigenvalue weighted by Crippen LogP contribution is 2.12. The van der Waals surface area contributed by atoms with Crippen molar-refractivity contribution >= 4 is 23.3 Å². The second-order valence-corrected chi connectivity index (χ2v) is 4.08. The van der Waals surface area contributed by atoms with Gasteiger partial charge in [-0.1, -0.05) is 0 Å². The number of hydrogen-bond donors (Lipinski definition) is 0. The fourth-order valence-electron chi connectivity index (χ4n) is 0.915. The van der Waals surface area contributed by atoms with Crippen LogP contribution in [0.5, 0.6) is 0 Å². The van der Waals surface area contributed by atoms with E-state index in [1.54, 1.807) is 5.51 Å². The molecule has 0 N–H and O–H groups in total. The van der Waals surface area contributed by atoms with E-state index in [4.69, 9.17) is 0 Å². The van der Waals surface area contributed by atoms with Crippen molar-refractivity contribution in [3.63, 3.8) is 0 Å². The molecule has 110 valence electrons. The van der Waals surface area contributed by atoms with Crippen LogP contribution in [0.3, 0.4) is 0 Å². The lowest BCUT2D eigenvalue weighted by Crippen LogP contribution is -2.23. The van der Waals surface area contributed by atoms with Gasteiger partial charge in [0.2, 0.25) is 0 Å². The molecule has 0 spiro atoms. The van der Waals surface area contributed by atoms with Gasteiger partial charge in [-0.05, 0) is 19.1 Å². The molecule has 0 bridgehead atoms. The van der Waals surface area contributed by atoms with E-state index in [1.165, 1.54) is 11.3 Å². The van der Waals surface area contributed by atoms with Crippen LogP contribution in [0.25, 0.3) is 0 Å². The molecule has 9 nitrogen and oxygen atoms in total. The third-order valence-electron chi connectivity index (χ3n) is 1.73. The second-order valence-electron chi connectivity index (χ2n) is 3.14. The molecule has 0 aliphatic carbocycles. The summed E-state index contributed by atoms with van der Waals surface area (Å²) in [7, 11) is 0. The number of carboxylic acid groups (broad SMARTS) is 2. The summed E-state index contributed by atoms with van der Waals surface area (Å²) in [5.41, 5.74) is 2.64. The smallest absolute Gasteiger partial charge is 0.294 e. The summed E-state index contributed by atoms with van der Waals surface area (Å²) in [6.07, 6.45) is 1.32. The van der Waals surface area contributed by atoms with E-state index in [2.05, 4.69) is 9.82 Å². The number of nitrogens with zero attached hydrogens (tertiary/aromatic N) is 2. The number of carboxylic acids is 2. The summed E-state index contributed by atoms with van der Waals surface area (Å²) in [6, 6.07) is 0. The Hall–Kier alpha value is -2.49. The van der Waals surface area contributed by atoms with Crippen LogP contribution in [0.2, 0.25) is 0 Å². The summed E-state index contributed by atoms with van der Waals surface area (Å²) >= 11 is 1.49. The molecule has 0 aromatic carbocycles. The van der Waals surface area contributed by atoms with Gasteiger partial charge in [0.05, 0.1) is 23.1 Å². The highest BCUT2D eigenvalue weighted by molar-refractivity contribution is 7.09. The van der Waals surface area contributed by atoms with Crippen LogP contribution in [0, 0.1) is 17.0 Å². The molecule has 0 aliphatic heterocycles. The number of carbonyl (C=O) groups is 2. The number of aryl methyl sites for hydroxylation is 1. The maximum absolute atomic E-state index is 9.78. The molecule has 0 saturated carbocycles. The summed E-state index contributed by atoms with van der Waals surface area (Å²) in [5.74, 6) is -3.09. The Labute approximate surface area is 117 Å². The molecule has 20 heavy (non-hydrogen) atoms. The summed E-state index contributed by atoms with van der Waals surface area (Å²) in [5, 5.41) is 27.8. The van der Waals surface area contributed by atoms with Gasteiger partial charge in [0.15, 0.2) is 0 Å². The van der Waals surface area contributed by atoms with E-state index in [1.807, 2.05) is 6.92 Å². The number of hydrogen-bond acceptors (Lipinski definition) is 9. The van der Waals surface area contributed by atoms with Crippen LogP contribution < -0.4 is 10.2 Å². The Morgan fingerprint density at radius 3 is 2.30 bits per heavy atom. The van der Waals surface area contributed by atoms with Gasteiger partial charge in [-0.15, -0.1) is 21.5 Å². The maximum atomic E-state index is 9.78. The minimum absolute atomic E-state index is 0.107. The van der Waals surface area contributed by atoms with Crippen LogP contribution in [0.4, 0.5) is 0 Å². The van der Waals surface area contributed by atoms with Crippen molar-refractivity contribution in [3.05, 3.63) is 38.3 Å². The SMILES string of the molecule is Cc1ncsc1CCO[N+](=O)[O-].O=C([O-])/C=C\C(=O)[O-]. The zero-order valence-corrected chi connectivity index (χ0v) is 11.1. The fraction of sp³-hybridized carbons (Fsp3) is 0.300. The Balaban J connectivity index is 0.000000396. The van der Waals surface area contributed by atoms with Crippen molar-refractivity contribution in [2.24, 2.45) is 0 Å². The molecule has 0 atom stereocenters. The quantitative estimate of drug-likeness (QED) is 0.341. The van der Waals surface area contributed by atoms with E-state index in [0.29, 0.717) is 18.6 Å². The van der Waals surface area contributed by atoms with Crippen molar-refractivity contribution in [3.8, 4) is 0 Å². The normalized spacial score (nSPS) is 9.65. The summed E-state index contributed by atoms with van der Waals surface area (Å²) in [6.45, 7) is 1.98. The predicted molar refractivity (Wildman–Crippen MR) is 62.7 cm³/mol. The number of rotatable bonds is 6. The molecule has 0 radical (unpaired) electrons. The van der Waals surface area contributed by atoms with Gasteiger partial charge in [-0.2, -0.15) is 0 Å². The van der Waals surface area contributed by atoms with Gasteiger partial charge in [-0.25, -0.2) is 4.98 Å². The maximum Gasteiger partial charge on any atom is 0.294 e. The van der Waals surface area contributed by atoms with Crippen LogP contribution in [-0.2, 0) is 20.8 Å². The van der Waals surface area contributed by atoms with E-state index in [0.717, 1.165) is 10.6 Å². The zero-order valence-electron chi connectivity index (χ0n) is 10.3. The lowest BCUT2D eigenvalue weighted by Gasteiger charge is -1.96. The lowest BCUT2D eigenvalue weighted by molar-refractivity contribution is -0.757. The molecule has 1 aromatic heterocycles. The molecule has 0 fully saturated rings. The third-order valence-corrected chi connectivity index (χ3v) is 2.72. The van der Waals surface area contributed by atoms with Crippen molar-refractivity contribution in [2.75, 3.05) is 6.61 Å². The first-order chi connectivity index (χ1) is 9.32. The van der Waals surface area contributed by atoms with Gasteiger partial charge in [-0.3, -0.25) is 0 Å². The molecule has 0 unspecified atom stereocenters. The largest absolute Gasteiger partial charge is 0.545 e. The van der Waals surface area contributed by atoms with Gasteiger partial charge >= 0.3 is 0 Å². The molecule has 0 saturated heterocycles. The highest BCUT2D eigenvalue weighted by Gasteiger charge is 2.02. The molecule has 1 aromatic rings. The first-order valence-corrected chi connectivity index (χ1v) is 5.97. The van der Waals surface area contributed by atoms with E-state index in [-0.39, 0.29) is 6.61 Å². The van der Waals surface area contributed by atoms with Gasteiger partial charge in [0.25, 0.3) is 5.09 Å². The van der Waals surface area contributed by atoms with Crippen molar-refractivity contribution in [1.29, 1.82) is 0 Å². The summed E-state index contributed by atoms with van der Waals surface area (Å²) < 4.78 is 0. The second kappa shape index (κ2) is 9.44. The molecule has 1 heterocycles. The monoisotopic (exact) mass is 302 g/mol. The number of aromatic nitrogens is 1. The summed E-state index contributed by atoms with van der Waals surface area (Å²) in [4.78, 5) is 37.8.